The van der Waals surface area contributed by atoms with Crippen molar-refractivity contribution in [1.82, 2.24) is 35.1 Å². The zero-order valence-electron chi connectivity index (χ0n) is 12.9. The monoisotopic (exact) mass is 311 g/mol. The van der Waals surface area contributed by atoms with Gasteiger partial charge in [-0.3, -0.25) is 4.79 Å². The molecule has 23 heavy (non-hydrogen) atoms. The number of carbonyl (C=O) groups excluding carboxylic acids is 1. The molecule has 0 spiro atoms. The van der Waals surface area contributed by atoms with Gasteiger partial charge in [-0.25, -0.2) is 4.68 Å². The summed E-state index contributed by atoms with van der Waals surface area (Å²) < 4.78 is 3.54. The number of nitrogens with zero attached hydrogens (tertiary/aromatic N) is 6. The molecular weight excluding hydrogens is 294 g/mol. The van der Waals surface area contributed by atoms with E-state index < -0.39 is 0 Å². The van der Waals surface area contributed by atoms with Gasteiger partial charge in [-0.1, -0.05) is 23.4 Å². The Bertz CT molecular complexity index is 793. The highest BCUT2D eigenvalue weighted by molar-refractivity contribution is 5.93. The quantitative estimate of drug-likeness (QED) is 0.757. The van der Waals surface area contributed by atoms with E-state index in [9.17, 15) is 4.79 Å². The fourth-order valence-electron chi connectivity index (χ4n) is 2.23. The van der Waals surface area contributed by atoms with E-state index in [1.807, 2.05) is 36.7 Å². The molecule has 118 valence electrons. The van der Waals surface area contributed by atoms with E-state index in [0.29, 0.717) is 17.8 Å². The van der Waals surface area contributed by atoms with Crippen molar-refractivity contribution in [3.8, 4) is 0 Å². The summed E-state index contributed by atoms with van der Waals surface area (Å²) in [7, 11) is 1.88. The summed E-state index contributed by atoms with van der Waals surface area (Å²) in [6.45, 7) is 2.28. The first-order valence-electron chi connectivity index (χ1n) is 7.23. The van der Waals surface area contributed by atoms with Crippen molar-refractivity contribution < 1.29 is 4.79 Å². The summed E-state index contributed by atoms with van der Waals surface area (Å²) in [5.74, 6) is 0.649. The number of rotatable bonds is 5. The lowest BCUT2D eigenvalue weighted by Gasteiger charge is -2.09. The molecule has 1 unspecified atom stereocenters. The Kier molecular flexibility index (Phi) is 4.13. The highest BCUT2D eigenvalue weighted by atomic mass is 16.1. The Morgan fingerprint density at radius 1 is 1.26 bits per heavy atom. The lowest BCUT2D eigenvalue weighted by molar-refractivity contribution is 0.0950. The minimum atomic E-state index is -0.138. The maximum atomic E-state index is 12.0. The van der Waals surface area contributed by atoms with Crippen molar-refractivity contribution in [1.29, 1.82) is 0 Å². The number of amides is 1. The molecule has 1 amide bonds. The van der Waals surface area contributed by atoms with E-state index >= 15 is 0 Å². The second-order valence-electron chi connectivity index (χ2n) is 5.21. The van der Waals surface area contributed by atoms with Gasteiger partial charge in [0.15, 0.2) is 5.82 Å². The van der Waals surface area contributed by atoms with Gasteiger partial charge in [0, 0.05) is 12.6 Å². The molecule has 2 heterocycles. The number of nitrogens with one attached hydrogen (secondary N) is 1. The van der Waals surface area contributed by atoms with Crippen LogP contribution in [0.5, 0.6) is 0 Å². The van der Waals surface area contributed by atoms with Crippen LogP contribution in [0, 0.1) is 0 Å². The predicted molar refractivity (Wildman–Crippen MR) is 82.5 cm³/mol. The van der Waals surface area contributed by atoms with E-state index in [1.54, 1.807) is 29.3 Å². The third-order valence-corrected chi connectivity index (χ3v) is 3.54. The molecule has 3 aromatic rings. The summed E-state index contributed by atoms with van der Waals surface area (Å²) in [6.07, 6.45) is 3.44. The molecule has 1 N–H and O–H groups in total. The molecule has 0 aliphatic carbocycles. The number of hydrogen-bond acceptors (Lipinski definition) is 5. The topological polar surface area (TPSA) is 90.5 Å². The summed E-state index contributed by atoms with van der Waals surface area (Å²) in [6, 6.07) is 8.97. The molecule has 3 rings (SSSR count). The second-order valence-corrected chi connectivity index (χ2v) is 5.21. The van der Waals surface area contributed by atoms with Gasteiger partial charge in [0.25, 0.3) is 5.91 Å². The highest BCUT2D eigenvalue weighted by Gasteiger charge is 2.15. The lowest BCUT2D eigenvalue weighted by atomic mass is 10.2. The SMILES string of the molecule is CC(c1nncn1C)n1cc(CNC(=O)c2ccccc2)nn1. The molecule has 8 nitrogen and oxygen atoms in total. The Labute approximate surface area is 133 Å². The number of benzene rings is 1. The summed E-state index contributed by atoms with van der Waals surface area (Å²) in [5, 5.41) is 18.9. The van der Waals surface area contributed by atoms with Gasteiger partial charge in [-0.15, -0.1) is 15.3 Å². The first kappa shape index (κ1) is 14.9. The average Bonchev–Trinajstić information content (AvgIpc) is 3.22. The first-order valence-corrected chi connectivity index (χ1v) is 7.23. The molecular formula is C15H17N7O. The van der Waals surface area contributed by atoms with Gasteiger partial charge in [0.2, 0.25) is 0 Å². The van der Waals surface area contributed by atoms with Crippen LogP contribution in [0.1, 0.15) is 34.8 Å². The van der Waals surface area contributed by atoms with Crippen LogP contribution in [0.3, 0.4) is 0 Å². The lowest BCUT2D eigenvalue weighted by Crippen LogP contribution is -2.22. The van der Waals surface area contributed by atoms with Crippen molar-refractivity contribution >= 4 is 5.91 Å². The minimum absolute atomic E-state index is 0.0893. The van der Waals surface area contributed by atoms with Crippen LogP contribution in [0.4, 0.5) is 0 Å². The molecule has 0 aliphatic rings. The molecule has 1 aromatic carbocycles. The highest BCUT2D eigenvalue weighted by Crippen LogP contribution is 2.13. The van der Waals surface area contributed by atoms with Gasteiger partial charge in [-0.2, -0.15) is 0 Å². The third kappa shape index (κ3) is 3.25. The average molecular weight is 311 g/mol. The van der Waals surface area contributed by atoms with Gasteiger partial charge >= 0.3 is 0 Å². The van der Waals surface area contributed by atoms with Crippen molar-refractivity contribution in [3.05, 3.63) is 59.9 Å². The zero-order chi connectivity index (χ0) is 16.2. The molecule has 0 radical (unpaired) electrons. The molecule has 2 aromatic heterocycles. The predicted octanol–water partition coefficient (Wildman–Crippen LogP) is 0.946. The van der Waals surface area contributed by atoms with Gasteiger partial charge < -0.3 is 9.88 Å². The Hall–Kier alpha value is -3.03. The van der Waals surface area contributed by atoms with E-state index in [-0.39, 0.29) is 11.9 Å². The largest absolute Gasteiger partial charge is 0.346 e. The number of aryl methyl sites for hydroxylation is 1. The maximum Gasteiger partial charge on any atom is 0.251 e. The normalized spacial score (nSPS) is 12.1. The molecule has 0 bridgehead atoms. The van der Waals surface area contributed by atoms with E-state index in [2.05, 4.69) is 25.8 Å². The molecule has 0 aliphatic heterocycles. The van der Waals surface area contributed by atoms with Crippen LogP contribution in [-0.2, 0) is 13.6 Å². The standard InChI is InChI=1S/C15H17N7O/c1-11(14-19-17-10-21(14)2)22-9-13(18-20-22)8-16-15(23)12-6-4-3-5-7-12/h3-7,9-11H,8H2,1-2H3,(H,16,23). The Morgan fingerprint density at radius 2 is 2.04 bits per heavy atom. The van der Waals surface area contributed by atoms with Crippen LogP contribution >= 0.6 is 0 Å². The van der Waals surface area contributed by atoms with E-state index in [4.69, 9.17) is 0 Å². The Morgan fingerprint density at radius 3 is 2.74 bits per heavy atom. The first-order chi connectivity index (χ1) is 11.1. The number of hydrogen-bond donors (Lipinski definition) is 1. The van der Waals surface area contributed by atoms with Crippen LogP contribution in [0.25, 0.3) is 0 Å². The number of aromatic nitrogens is 6. The maximum absolute atomic E-state index is 12.0. The minimum Gasteiger partial charge on any atom is -0.346 e. The summed E-state index contributed by atoms with van der Waals surface area (Å²) in [4.78, 5) is 12.0. The van der Waals surface area contributed by atoms with E-state index in [0.717, 1.165) is 5.82 Å². The molecule has 0 saturated heterocycles. The number of carbonyl (C=O) groups is 1. The van der Waals surface area contributed by atoms with Gasteiger partial charge in [0.05, 0.1) is 12.7 Å². The van der Waals surface area contributed by atoms with Crippen molar-refractivity contribution in [2.24, 2.45) is 7.05 Å². The van der Waals surface area contributed by atoms with Crippen LogP contribution in [-0.4, -0.2) is 35.7 Å². The van der Waals surface area contributed by atoms with Crippen molar-refractivity contribution in [2.45, 2.75) is 19.5 Å². The molecule has 0 fully saturated rings. The molecule has 0 saturated carbocycles. The van der Waals surface area contributed by atoms with Crippen molar-refractivity contribution in [2.75, 3.05) is 0 Å². The van der Waals surface area contributed by atoms with Crippen LogP contribution in [0.2, 0.25) is 0 Å². The molecule has 8 heteroatoms. The molecule has 1 atom stereocenters. The third-order valence-electron chi connectivity index (χ3n) is 3.54. The summed E-state index contributed by atoms with van der Waals surface area (Å²) in [5.41, 5.74) is 1.30. The summed E-state index contributed by atoms with van der Waals surface area (Å²) >= 11 is 0. The van der Waals surface area contributed by atoms with Gasteiger partial charge in [0.1, 0.15) is 18.1 Å². The van der Waals surface area contributed by atoms with Crippen LogP contribution < -0.4 is 5.32 Å². The second kappa shape index (κ2) is 6.39. The fourth-order valence-corrected chi connectivity index (χ4v) is 2.23. The smallest absolute Gasteiger partial charge is 0.251 e. The van der Waals surface area contributed by atoms with Gasteiger partial charge in [-0.05, 0) is 19.1 Å². The van der Waals surface area contributed by atoms with E-state index in [1.165, 1.54) is 0 Å². The van der Waals surface area contributed by atoms with Crippen LogP contribution in [0.15, 0.2) is 42.9 Å². The fraction of sp³-hybridized carbons (Fsp3) is 0.267. The van der Waals surface area contributed by atoms with Crippen molar-refractivity contribution in [3.63, 3.8) is 0 Å². The zero-order valence-corrected chi connectivity index (χ0v) is 12.9. The Balaban J connectivity index is 1.64.